The van der Waals surface area contributed by atoms with Gasteiger partial charge in [-0.25, -0.2) is 0 Å². The maximum absolute atomic E-state index is 12.4. The fraction of sp³-hybridized carbons (Fsp3) is 0.556. The van der Waals surface area contributed by atoms with Crippen LogP contribution in [0.15, 0.2) is 30.3 Å². The number of hydrogen-bond donors (Lipinski definition) is 1. The molecule has 2 aliphatic heterocycles. The summed E-state index contributed by atoms with van der Waals surface area (Å²) in [5.41, 5.74) is 0.722. The normalized spacial score (nSPS) is 20.6. The van der Waals surface area contributed by atoms with Crippen molar-refractivity contribution in [1.29, 1.82) is 0 Å². The minimum atomic E-state index is 0. The molecule has 5 nitrogen and oxygen atoms in total. The molecule has 2 amide bonds. The van der Waals surface area contributed by atoms with Gasteiger partial charge in [0.2, 0.25) is 5.91 Å². The number of benzene rings is 1. The molecule has 2 saturated heterocycles. The molecule has 24 heavy (non-hydrogen) atoms. The number of piperazine rings is 1. The van der Waals surface area contributed by atoms with Gasteiger partial charge in [0.15, 0.2) is 0 Å². The van der Waals surface area contributed by atoms with Gasteiger partial charge < -0.3 is 15.1 Å². The van der Waals surface area contributed by atoms with Gasteiger partial charge in [-0.2, -0.15) is 0 Å². The minimum absolute atomic E-state index is 0. The number of amides is 2. The second kappa shape index (κ2) is 9.04. The Kier molecular flexibility index (Phi) is 7.06. The summed E-state index contributed by atoms with van der Waals surface area (Å²) in [4.78, 5) is 28.4. The molecule has 2 aliphatic rings. The van der Waals surface area contributed by atoms with Crippen molar-refractivity contribution >= 4 is 24.2 Å². The van der Waals surface area contributed by atoms with Gasteiger partial charge in [-0.1, -0.05) is 18.2 Å². The number of hydrogen-bond acceptors (Lipinski definition) is 3. The van der Waals surface area contributed by atoms with Gasteiger partial charge in [0.25, 0.3) is 5.91 Å². The molecule has 1 atom stereocenters. The van der Waals surface area contributed by atoms with E-state index in [0.717, 1.165) is 18.5 Å². The Hall–Kier alpha value is -1.59. The SMILES string of the molecule is Cl.O=C(CCC1CCCN1)N1CCN(C(=O)c2ccccc2)CC1. The van der Waals surface area contributed by atoms with E-state index in [0.29, 0.717) is 38.6 Å². The summed E-state index contributed by atoms with van der Waals surface area (Å²) in [5, 5.41) is 3.43. The molecule has 1 N–H and O–H groups in total. The van der Waals surface area contributed by atoms with Crippen LogP contribution in [0.5, 0.6) is 0 Å². The van der Waals surface area contributed by atoms with Crippen LogP contribution in [0.2, 0.25) is 0 Å². The van der Waals surface area contributed by atoms with E-state index in [-0.39, 0.29) is 24.2 Å². The van der Waals surface area contributed by atoms with E-state index in [1.807, 2.05) is 40.1 Å². The fourth-order valence-corrected chi connectivity index (χ4v) is 3.38. The second-order valence-corrected chi connectivity index (χ2v) is 6.37. The molecule has 0 saturated carbocycles. The van der Waals surface area contributed by atoms with Crippen LogP contribution in [0.25, 0.3) is 0 Å². The Morgan fingerprint density at radius 2 is 1.71 bits per heavy atom. The first-order chi connectivity index (χ1) is 11.2. The molecule has 1 aromatic rings. The zero-order valence-electron chi connectivity index (χ0n) is 13.9. The topological polar surface area (TPSA) is 52.7 Å². The largest absolute Gasteiger partial charge is 0.339 e. The van der Waals surface area contributed by atoms with Crippen LogP contribution in [-0.4, -0.2) is 60.4 Å². The first-order valence-electron chi connectivity index (χ1n) is 8.59. The summed E-state index contributed by atoms with van der Waals surface area (Å²) in [7, 11) is 0. The molecule has 1 unspecified atom stereocenters. The average molecular weight is 352 g/mol. The minimum Gasteiger partial charge on any atom is -0.339 e. The summed E-state index contributed by atoms with van der Waals surface area (Å²) >= 11 is 0. The number of carbonyl (C=O) groups is 2. The zero-order valence-corrected chi connectivity index (χ0v) is 14.8. The van der Waals surface area contributed by atoms with E-state index < -0.39 is 0 Å². The maximum Gasteiger partial charge on any atom is 0.253 e. The lowest BCUT2D eigenvalue weighted by molar-refractivity contribution is -0.132. The second-order valence-electron chi connectivity index (χ2n) is 6.37. The number of rotatable bonds is 4. The Balaban J connectivity index is 0.00000208. The molecule has 6 heteroatoms. The predicted molar refractivity (Wildman–Crippen MR) is 96.4 cm³/mol. The third kappa shape index (κ3) is 4.71. The van der Waals surface area contributed by atoms with Crippen molar-refractivity contribution in [2.75, 3.05) is 32.7 Å². The van der Waals surface area contributed by atoms with Crippen molar-refractivity contribution in [2.45, 2.75) is 31.7 Å². The third-order valence-corrected chi connectivity index (χ3v) is 4.81. The maximum atomic E-state index is 12.4. The molecule has 0 bridgehead atoms. The predicted octanol–water partition coefficient (Wildman–Crippen LogP) is 1.92. The molecule has 0 aromatic heterocycles. The molecular weight excluding hydrogens is 326 g/mol. The molecule has 0 spiro atoms. The van der Waals surface area contributed by atoms with E-state index in [9.17, 15) is 9.59 Å². The van der Waals surface area contributed by atoms with Gasteiger partial charge in [0.05, 0.1) is 0 Å². The summed E-state index contributed by atoms with van der Waals surface area (Å²) in [6.45, 7) is 3.63. The lowest BCUT2D eigenvalue weighted by Crippen LogP contribution is -2.50. The van der Waals surface area contributed by atoms with Crippen molar-refractivity contribution in [3.63, 3.8) is 0 Å². The quantitative estimate of drug-likeness (QED) is 0.901. The Labute approximate surface area is 149 Å². The Bertz CT molecular complexity index is 538. The van der Waals surface area contributed by atoms with Crippen LogP contribution in [0.3, 0.4) is 0 Å². The molecule has 132 valence electrons. The molecule has 0 radical (unpaired) electrons. The van der Waals surface area contributed by atoms with Gasteiger partial charge in [0.1, 0.15) is 0 Å². The van der Waals surface area contributed by atoms with Gasteiger partial charge in [-0.3, -0.25) is 9.59 Å². The van der Waals surface area contributed by atoms with Crippen LogP contribution in [0, 0.1) is 0 Å². The molecule has 1 aromatic carbocycles. The van der Waals surface area contributed by atoms with E-state index in [4.69, 9.17) is 0 Å². The van der Waals surface area contributed by atoms with Crippen LogP contribution in [-0.2, 0) is 4.79 Å². The first-order valence-corrected chi connectivity index (χ1v) is 8.59. The highest BCUT2D eigenvalue weighted by Gasteiger charge is 2.25. The van der Waals surface area contributed by atoms with Crippen molar-refractivity contribution in [2.24, 2.45) is 0 Å². The standard InChI is InChI=1S/C18H25N3O2.ClH/c22-17(9-8-16-7-4-10-19-16)20-11-13-21(14-12-20)18(23)15-5-2-1-3-6-15;/h1-3,5-6,16,19H,4,7-14H2;1H. The van der Waals surface area contributed by atoms with E-state index in [2.05, 4.69) is 5.32 Å². The smallest absolute Gasteiger partial charge is 0.253 e. The highest BCUT2D eigenvalue weighted by molar-refractivity contribution is 5.94. The van der Waals surface area contributed by atoms with Gasteiger partial charge in [-0.05, 0) is 37.9 Å². The van der Waals surface area contributed by atoms with Crippen molar-refractivity contribution in [1.82, 2.24) is 15.1 Å². The number of nitrogens with one attached hydrogen (secondary N) is 1. The number of halogens is 1. The zero-order chi connectivity index (χ0) is 16.1. The molecule has 2 fully saturated rings. The van der Waals surface area contributed by atoms with Crippen LogP contribution in [0.4, 0.5) is 0 Å². The van der Waals surface area contributed by atoms with E-state index in [1.54, 1.807) is 0 Å². The third-order valence-electron chi connectivity index (χ3n) is 4.81. The van der Waals surface area contributed by atoms with Crippen LogP contribution >= 0.6 is 12.4 Å². The summed E-state index contributed by atoms with van der Waals surface area (Å²) in [5.74, 6) is 0.290. The molecule has 3 rings (SSSR count). The first kappa shape index (κ1) is 18.7. The lowest BCUT2D eigenvalue weighted by atomic mass is 10.1. The lowest BCUT2D eigenvalue weighted by Gasteiger charge is -2.35. The Morgan fingerprint density at radius 1 is 1.04 bits per heavy atom. The number of carbonyl (C=O) groups excluding carboxylic acids is 2. The van der Waals surface area contributed by atoms with E-state index in [1.165, 1.54) is 12.8 Å². The van der Waals surface area contributed by atoms with Crippen molar-refractivity contribution in [3.05, 3.63) is 35.9 Å². The van der Waals surface area contributed by atoms with Crippen LogP contribution in [0.1, 0.15) is 36.0 Å². The summed E-state index contributed by atoms with van der Waals surface area (Å²) in [6, 6.07) is 9.86. The highest BCUT2D eigenvalue weighted by Crippen LogP contribution is 2.14. The monoisotopic (exact) mass is 351 g/mol. The molecule has 0 aliphatic carbocycles. The highest BCUT2D eigenvalue weighted by atomic mass is 35.5. The summed E-state index contributed by atoms with van der Waals surface area (Å²) < 4.78 is 0. The van der Waals surface area contributed by atoms with Crippen molar-refractivity contribution in [3.8, 4) is 0 Å². The number of nitrogens with zero attached hydrogens (tertiary/aromatic N) is 2. The van der Waals surface area contributed by atoms with Gasteiger partial charge in [-0.15, -0.1) is 12.4 Å². The van der Waals surface area contributed by atoms with Gasteiger partial charge >= 0.3 is 0 Å². The average Bonchev–Trinajstić information content (AvgIpc) is 3.13. The van der Waals surface area contributed by atoms with Crippen LogP contribution < -0.4 is 5.32 Å². The fourth-order valence-electron chi connectivity index (χ4n) is 3.38. The molecule has 2 heterocycles. The Morgan fingerprint density at radius 3 is 2.33 bits per heavy atom. The van der Waals surface area contributed by atoms with Crippen molar-refractivity contribution < 1.29 is 9.59 Å². The molecular formula is C18H26ClN3O2. The summed E-state index contributed by atoms with van der Waals surface area (Å²) in [6.07, 6.45) is 3.96. The van der Waals surface area contributed by atoms with Gasteiger partial charge in [0, 0.05) is 44.2 Å². The van der Waals surface area contributed by atoms with E-state index >= 15 is 0 Å².